The van der Waals surface area contributed by atoms with Crippen molar-refractivity contribution < 1.29 is 14.4 Å². The van der Waals surface area contributed by atoms with Gasteiger partial charge >= 0.3 is 0 Å². The lowest BCUT2D eigenvalue weighted by Crippen LogP contribution is -2.50. The number of likely N-dealkylation sites (tertiary alicyclic amines) is 1. The fraction of sp³-hybridized carbons (Fsp3) is 0.688. The van der Waals surface area contributed by atoms with E-state index in [9.17, 15) is 14.4 Å². The zero-order valence-electron chi connectivity index (χ0n) is 13.2. The molecule has 0 radical (unpaired) electrons. The Kier molecular flexibility index (Phi) is 4.49. The van der Waals surface area contributed by atoms with E-state index in [1.54, 1.807) is 14.1 Å². The largest absolute Gasteiger partial charge is 0.347 e. The Hall–Kier alpha value is -1.65. The second kappa shape index (κ2) is 6.00. The van der Waals surface area contributed by atoms with Crippen LogP contribution in [0.2, 0.25) is 0 Å². The highest BCUT2D eigenvalue weighted by molar-refractivity contribution is 6.08. The standard InChI is InChI=1S/C16H24N2O3/c1-10(2)9-13(16(21)17(3)4)18-14(19)11-7-5-6-8-12(11)15(18)20/h5-6,10-13H,7-9H2,1-4H3/t11-,12+,13-/m1/s1. The zero-order valence-corrected chi connectivity index (χ0v) is 13.2. The molecule has 0 spiro atoms. The summed E-state index contributed by atoms with van der Waals surface area (Å²) in [7, 11) is 3.32. The third kappa shape index (κ3) is 2.87. The van der Waals surface area contributed by atoms with E-state index in [2.05, 4.69) is 0 Å². The van der Waals surface area contributed by atoms with Crippen LogP contribution in [-0.4, -0.2) is 47.7 Å². The van der Waals surface area contributed by atoms with E-state index < -0.39 is 6.04 Å². The lowest BCUT2D eigenvalue weighted by molar-refractivity contribution is -0.151. The van der Waals surface area contributed by atoms with E-state index in [-0.39, 0.29) is 35.5 Å². The van der Waals surface area contributed by atoms with Gasteiger partial charge in [0, 0.05) is 14.1 Å². The summed E-state index contributed by atoms with van der Waals surface area (Å²) in [5.41, 5.74) is 0. The maximum Gasteiger partial charge on any atom is 0.245 e. The molecule has 1 heterocycles. The lowest BCUT2D eigenvalue weighted by Gasteiger charge is -2.29. The van der Waals surface area contributed by atoms with E-state index in [0.29, 0.717) is 19.3 Å². The van der Waals surface area contributed by atoms with Gasteiger partial charge in [0.2, 0.25) is 17.7 Å². The average molecular weight is 292 g/mol. The first-order chi connectivity index (χ1) is 9.84. The fourth-order valence-corrected chi connectivity index (χ4v) is 3.19. The van der Waals surface area contributed by atoms with E-state index in [0.717, 1.165) is 0 Å². The minimum Gasteiger partial charge on any atom is -0.347 e. The van der Waals surface area contributed by atoms with Crippen molar-refractivity contribution >= 4 is 17.7 Å². The Morgan fingerprint density at radius 3 is 2.05 bits per heavy atom. The van der Waals surface area contributed by atoms with Gasteiger partial charge in [-0.2, -0.15) is 0 Å². The van der Waals surface area contributed by atoms with Crippen molar-refractivity contribution in [2.75, 3.05) is 14.1 Å². The Labute approximate surface area is 126 Å². The number of likely N-dealkylation sites (N-methyl/N-ethyl adjacent to an activating group) is 1. The number of hydrogen-bond donors (Lipinski definition) is 0. The molecule has 5 heteroatoms. The van der Waals surface area contributed by atoms with Crippen LogP contribution < -0.4 is 0 Å². The monoisotopic (exact) mass is 292 g/mol. The molecule has 0 aromatic heterocycles. The van der Waals surface area contributed by atoms with Gasteiger partial charge in [-0.3, -0.25) is 19.3 Å². The minimum absolute atomic E-state index is 0.169. The molecule has 0 bridgehead atoms. The van der Waals surface area contributed by atoms with Crippen molar-refractivity contribution in [3.8, 4) is 0 Å². The van der Waals surface area contributed by atoms with Gasteiger partial charge in [0.15, 0.2) is 0 Å². The van der Waals surface area contributed by atoms with E-state index in [1.807, 2.05) is 26.0 Å². The number of hydrogen-bond acceptors (Lipinski definition) is 3. The first kappa shape index (κ1) is 15.7. The molecule has 0 N–H and O–H groups in total. The highest BCUT2D eigenvalue weighted by atomic mass is 16.2. The fourth-order valence-electron chi connectivity index (χ4n) is 3.19. The average Bonchev–Trinajstić information content (AvgIpc) is 2.68. The topological polar surface area (TPSA) is 57.7 Å². The molecular weight excluding hydrogens is 268 g/mol. The summed E-state index contributed by atoms with van der Waals surface area (Å²) in [6.07, 6.45) is 5.65. The van der Waals surface area contributed by atoms with Crippen LogP contribution in [0, 0.1) is 17.8 Å². The molecule has 0 aromatic carbocycles. The third-order valence-electron chi connectivity index (χ3n) is 4.27. The Bertz CT molecular complexity index is 456. The molecule has 1 fully saturated rings. The number of carbonyl (C=O) groups excluding carboxylic acids is 3. The number of fused-ring (bicyclic) bond motifs is 1. The molecular formula is C16H24N2O3. The van der Waals surface area contributed by atoms with Crippen molar-refractivity contribution in [1.82, 2.24) is 9.80 Å². The summed E-state index contributed by atoms with van der Waals surface area (Å²) in [4.78, 5) is 40.3. The van der Waals surface area contributed by atoms with Crippen LogP contribution in [-0.2, 0) is 14.4 Å². The molecule has 1 saturated heterocycles. The molecule has 5 nitrogen and oxygen atoms in total. The molecule has 0 aromatic rings. The highest BCUT2D eigenvalue weighted by Gasteiger charge is 2.51. The Morgan fingerprint density at radius 1 is 1.19 bits per heavy atom. The molecule has 1 aliphatic carbocycles. The van der Waals surface area contributed by atoms with Crippen LogP contribution in [0.4, 0.5) is 0 Å². The zero-order chi connectivity index (χ0) is 15.7. The molecule has 2 aliphatic rings. The second-order valence-electron chi connectivity index (χ2n) is 6.58. The van der Waals surface area contributed by atoms with Crippen LogP contribution in [0.3, 0.4) is 0 Å². The smallest absolute Gasteiger partial charge is 0.245 e. The number of carbonyl (C=O) groups is 3. The van der Waals surface area contributed by atoms with Crippen LogP contribution in [0.1, 0.15) is 33.1 Å². The van der Waals surface area contributed by atoms with E-state index in [1.165, 1.54) is 9.80 Å². The molecule has 116 valence electrons. The first-order valence-electron chi connectivity index (χ1n) is 7.57. The first-order valence-corrected chi connectivity index (χ1v) is 7.57. The number of imide groups is 1. The van der Waals surface area contributed by atoms with Crippen LogP contribution in [0.15, 0.2) is 12.2 Å². The van der Waals surface area contributed by atoms with Crippen LogP contribution >= 0.6 is 0 Å². The van der Waals surface area contributed by atoms with Crippen molar-refractivity contribution in [1.29, 1.82) is 0 Å². The van der Waals surface area contributed by atoms with Gasteiger partial charge in [-0.15, -0.1) is 0 Å². The predicted molar refractivity (Wildman–Crippen MR) is 79.1 cm³/mol. The van der Waals surface area contributed by atoms with Gasteiger partial charge in [-0.1, -0.05) is 26.0 Å². The summed E-state index contributed by atoms with van der Waals surface area (Å²) in [6, 6.07) is -0.661. The number of amides is 3. The molecule has 1 aliphatic heterocycles. The summed E-state index contributed by atoms with van der Waals surface area (Å²) < 4.78 is 0. The molecule has 2 rings (SSSR count). The van der Waals surface area contributed by atoms with Gasteiger partial charge in [-0.05, 0) is 25.2 Å². The molecule has 3 atom stereocenters. The van der Waals surface area contributed by atoms with Crippen LogP contribution in [0.25, 0.3) is 0 Å². The summed E-state index contributed by atoms with van der Waals surface area (Å²) in [5, 5.41) is 0. The van der Waals surface area contributed by atoms with Crippen molar-refractivity contribution in [3.05, 3.63) is 12.2 Å². The molecule has 21 heavy (non-hydrogen) atoms. The SMILES string of the molecule is CC(C)C[C@H](C(=O)N(C)C)N1C(=O)[C@H]2CC=CC[C@H]2C1=O. The minimum atomic E-state index is -0.661. The quantitative estimate of drug-likeness (QED) is 0.582. The van der Waals surface area contributed by atoms with Crippen molar-refractivity contribution in [2.45, 2.75) is 39.2 Å². The van der Waals surface area contributed by atoms with Gasteiger partial charge in [0.05, 0.1) is 11.8 Å². The highest BCUT2D eigenvalue weighted by Crippen LogP contribution is 2.37. The molecule has 0 saturated carbocycles. The molecule has 3 amide bonds. The number of rotatable bonds is 4. The lowest BCUT2D eigenvalue weighted by atomic mass is 9.85. The van der Waals surface area contributed by atoms with E-state index >= 15 is 0 Å². The second-order valence-corrected chi connectivity index (χ2v) is 6.58. The predicted octanol–water partition coefficient (Wildman–Crippen LogP) is 1.44. The van der Waals surface area contributed by atoms with Crippen LogP contribution in [0.5, 0.6) is 0 Å². The van der Waals surface area contributed by atoms with E-state index in [4.69, 9.17) is 0 Å². The summed E-state index contributed by atoms with van der Waals surface area (Å²) in [5.74, 6) is -0.818. The van der Waals surface area contributed by atoms with Gasteiger partial charge in [0.1, 0.15) is 6.04 Å². The maximum absolute atomic E-state index is 12.6. The Balaban J connectivity index is 2.29. The summed E-state index contributed by atoms with van der Waals surface area (Å²) >= 11 is 0. The normalized spacial score (nSPS) is 26.2. The Morgan fingerprint density at radius 2 is 1.67 bits per heavy atom. The van der Waals surface area contributed by atoms with Gasteiger partial charge in [-0.25, -0.2) is 0 Å². The van der Waals surface area contributed by atoms with Crippen molar-refractivity contribution in [3.63, 3.8) is 0 Å². The molecule has 0 unspecified atom stereocenters. The number of nitrogens with zero attached hydrogens (tertiary/aromatic N) is 2. The van der Waals surface area contributed by atoms with Gasteiger partial charge < -0.3 is 4.90 Å². The maximum atomic E-state index is 12.6. The summed E-state index contributed by atoms with van der Waals surface area (Å²) in [6.45, 7) is 3.99. The third-order valence-corrected chi connectivity index (χ3v) is 4.27. The van der Waals surface area contributed by atoms with Gasteiger partial charge in [0.25, 0.3) is 0 Å². The van der Waals surface area contributed by atoms with Crippen molar-refractivity contribution in [2.24, 2.45) is 17.8 Å². The number of allylic oxidation sites excluding steroid dienone is 2.